The molecule has 0 spiro atoms. The lowest BCUT2D eigenvalue weighted by Crippen LogP contribution is -2.46. The van der Waals surface area contributed by atoms with E-state index in [4.69, 9.17) is 9.47 Å². The van der Waals surface area contributed by atoms with E-state index >= 15 is 0 Å². The monoisotopic (exact) mass is 310 g/mol. The maximum atomic E-state index is 11.9. The number of carbonyl (C=O) groups excluding carboxylic acids is 2. The highest BCUT2D eigenvalue weighted by atomic mass is 16.5. The first kappa shape index (κ1) is 16.3. The predicted octanol–water partition coefficient (Wildman–Crippen LogP) is -0.356. The summed E-state index contributed by atoms with van der Waals surface area (Å²) in [4.78, 5) is 24.8. The summed E-state index contributed by atoms with van der Waals surface area (Å²) in [5.74, 6) is 0.0751. The Bertz CT molecular complexity index is 529. The van der Waals surface area contributed by atoms with Gasteiger partial charge in [-0.05, 0) is 6.92 Å². The Kier molecular flexibility index (Phi) is 5.37. The summed E-state index contributed by atoms with van der Waals surface area (Å²) < 4.78 is 12.9. The number of ether oxygens (including phenoxy) is 2. The standard InChI is InChI=1S/C14H22N4O4/c1-4-18-7-10(6-15-18)22-12-9-21-8-11(12)16-13(19)5-14(20)17(2)3/h6-7,11-12H,4-5,8-9H2,1-3H3,(H,16,19)/t11-,12+/m0/s1. The molecule has 0 aliphatic carbocycles. The van der Waals surface area contributed by atoms with Crippen molar-refractivity contribution in [2.24, 2.45) is 0 Å². The molecular weight excluding hydrogens is 288 g/mol. The first-order valence-corrected chi connectivity index (χ1v) is 7.26. The van der Waals surface area contributed by atoms with Gasteiger partial charge in [0.05, 0.1) is 31.6 Å². The number of rotatable bonds is 6. The summed E-state index contributed by atoms with van der Waals surface area (Å²) in [7, 11) is 3.23. The molecule has 2 rings (SSSR count). The molecule has 1 N–H and O–H groups in total. The van der Waals surface area contributed by atoms with Crippen LogP contribution in [0.2, 0.25) is 0 Å². The van der Waals surface area contributed by atoms with E-state index < -0.39 is 0 Å². The van der Waals surface area contributed by atoms with E-state index in [0.717, 1.165) is 6.54 Å². The highest BCUT2D eigenvalue weighted by molar-refractivity contribution is 5.96. The van der Waals surface area contributed by atoms with E-state index in [1.165, 1.54) is 4.90 Å². The third-order valence-electron chi connectivity index (χ3n) is 3.41. The summed E-state index contributed by atoms with van der Waals surface area (Å²) >= 11 is 0. The van der Waals surface area contributed by atoms with E-state index in [-0.39, 0.29) is 30.4 Å². The molecule has 1 aromatic rings. The van der Waals surface area contributed by atoms with Gasteiger partial charge >= 0.3 is 0 Å². The number of nitrogens with zero attached hydrogens (tertiary/aromatic N) is 3. The zero-order valence-electron chi connectivity index (χ0n) is 13.1. The second-order valence-electron chi connectivity index (χ2n) is 5.36. The Balaban J connectivity index is 1.87. The predicted molar refractivity (Wildman–Crippen MR) is 78.4 cm³/mol. The van der Waals surface area contributed by atoms with Crippen molar-refractivity contribution in [2.75, 3.05) is 27.3 Å². The second kappa shape index (κ2) is 7.26. The fourth-order valence-corrected chi connectivity index (χ4v) is 2.09. The summed E-state index contributed by atoms with van der Waals surface area (Å²) in [6, 6.07) is -0.271. The van der Waals surface area contributed by atoms with Crippen LogP contribution in [0.4, 0.5) is 0 Å². The average molecular weight is 310 g/mol. The summed E-state index contributed by atoms with van der Waals surface area (Å²) in [6.45, 7) is 3.51. The van der Waals surface area contributed by atoms with E-state index in [1.54, 1.807) is 31.2 Å². The normalized spacial score (nSPS) is 20.7. The lowest BCUT2D eigenvalue weighted by Gasteiger charge is -2.20. The number of amides is 2. The molecule has 1 aliphatic rings. The molecule has 1 aromatic heterocycles. The molecule has 0 bridgehead atoms. The lowest BCUT2D eigenvalue weighted by molar-refractivity contribution is -0.134. The molecule has 0 radical (unpaired) electrons. The van der Waals surface area contributed by atoms with Gasteiger partial charge in [-0.3, -0.25) is 14.3 Å². The van der Waals surface area contributed by atoms with Gasteiger partial charge in [-0.2, -0.15) is 5.10 Å². The molecule has 0 saturated carbocycles. The minimum Gasteiger partial charge on any atom is -0.482 e. The topological polar surface area (TPSA) is 85.7 Å². The van der Waals surface area contributed by atoms with Crippen LogP contribution < -0.4 is 10.1 Å². The van der Waals surface area contributed by atoms with E-state index in [1.807, 2.05) is 6.92 Å². The van der Waals surface area contributed by atoms with Crippen LogP contribution in [0.15, 0.2) is 12.4 Å². The van der Waals surface area contributed by atoms with Crippen LogP contribution in [0, 0.1) is 0 Å². The van der Waals surface area contributed by atoms with Crippen LogP contribution in [0.5, 0.6) is 5.75 Å². The van der Waals surface area contributed by atoms with E-state index in [0.29, 0.717) is 19.0 Å². The number of hydrogen-bond acceptors (Lipinski definition) is 5. The molecule has 1 fully saturated rings. The van der Waals surface area contributed by atoms with Crippen LogP contribution in [-0.4, -0.2) is 65.9 Å². The van der Waals surface area contributed by atoms with Gasteiger partial charge in [-0.15, -0.1) is 0 Å². The Morgan fingerprint density at radius 2 is 2.27 bits per heavy atom. The SMILES string of the molecule is CCn1cc(O[C@@H]2COC[C@@H]2NC(=O)CC(=O)N(C)C)cn1. The lowest BCUT2D eigenvalue weighted by atomic mass is 10.2. The quantitative estimate of drug-likeness (QED) is 0.726. The minimum atomic E-state index is -0.327. The highest BCUT2D eigenvalue weighted by Crippen LogP contribution is 2.16. The van der Waals surface area contributed by atoms with Gasteiger partial charge < -0.3 is 19.7 Å². The Labute approximate surface area is 129 Å². The number of nitrogens with one attached hydrogen (secondary N) is 1. The van der Waals surface area contributed by atoms with Gasteiger partial charge in [-0.25, -0.2) is 0 Å². The number of hydrogen-bond donors (Lipinski definition) is 1. The van der Waals surface area contributed by atoms with Crippen molar-refractivity contribution in [3.63, 3.8) is 0 Å². The van der Waals surface area contributed by atoms with Gasteiger partial charge in [-0.1, -0.05) is 0 Å². The maximum Gasteiger partial charge on any atom is 0.231 e. The Morgan fingerprint density at radius 3 is 2.91 bits per heavy atom. The van der Waals surface area contributed by atoms with Gasteiger partial charge in [0.1, 0.15) is 12.5 Å². The van der Waals surface area contributed by atoms with E-state index in [9.17, 15) is 9.59 Å². The van der Waals surface area contributed by atoms with Crippen LogP contribution in [0.3, 0.4) is 0 Å². The molecular formula is C14H22N4O4. The van der Waals surface area contributed by atoms with Gasteiger partial charge in [0.25, 0.3) is 0 Å². The van der Waals surface area contributed by atoms with Crippen molar-refractivity contribution in [2.45, 2.75) is 32.0 Å². The average Bonchev–Trinajstić information content (AvgIpc) is 3.09. The summed E-state index contributed by atoms with van der Waals surface area (Å²) in [5.41, 5.74) is 0. The van der Waals surface area contributed by atoms with Crippen LogP contribution in [0.1, 0.15) is 13.3 Å². The number of aromatic nitrogens is 2. The zero-order valence-corrected chi connectivity index (χ0v) is 13.1. The summed E-state index contributed by atoms with van der Waals surface area (Å²) in [5, 5.41) is 6.93. The molecule has 2 atom stereocenters. The molecule has 2 amide bonds. The smallest absolute Gasteiger partial charge is 0.231 e. The third kappa shape index (κ3) is 4.20. The molecule has 8 heteroatoms. The molecule has 122 valence electrons. The zero-order chi connectivity index (χ0) is 16.1. The maximum absolute atomic E-state index is 11.9. The molecule has 0 unspecified atom stereocenters. The second-order valence-corrected chi connectivity index (χ2v) is 5.36. The molecule has 22 heavy (non-hydrogen) atoms. The molecule has 0 aromatic carbocycles. The summed E-state index contributed by atoms with van der Waals surface area (Å²) in [6.07, 6.45) is 2.97. The van der Waals surface area contributed by atoms with Crippen LogP contribution in [-0.2, 0) is 20.9 Å². The number of aryl methyl sites for hydroxylation is 1. The Morgan fingerprint density at radius 1 is 1.50 bits per heavy atom. The van der Waals surface area contributed by atoms with Crippen molar-refractivity contribution < 1.29 is 19.1 Å². The fraction of sp³-hybridized carbons (Fsp3) is 0.643. The molecule has 1 saturated heterocycles. The minimum absolute atomic E-state index is 0.177. The molecule has 8 nitrogen and oxygen atoms in total. The van der Waals surface area contributed by atoms with Gasteiger partial charge in [0.2, 0.25) is 11.8 Å². The first-order valence-electron chi connectivity index (χ1n) is 7.26. The van der Waals surface area contributed by atoms with Crippen molar-refractivity contribution in [1.29, 1.82) is 0 Å². The van der Waals surface area contributed by atoms with Crippen LogP contribution in [0.25, 0.3) is 0 Å². The van der Waals surface area contributed by atoms with Crippen LogP contribution >= 0.6 is 0 Å². The first-order chi connectivity index (χ1) is 10.5. The van der Waals surface area contributed by atoms with Gasteiger partial charge in [0.15, 0.2) is 5.75 Å². The third-order valence-corrected chi connectivity index (χ3v) is 3.41. The highest BCUT2D eigenvalue weighted by Gasteiger charge is 2.32. The molecule has 1 aliphatic heterocycles. The van der Waals surface area contributed by atoms with Crippen molar-refractivity contribution in [3.05, 3.63) is 12.4 Å². The molecule has 2 heterocycles. The fourth-order valence-electron chi connectivity index (χ4n) is 2.09. The number of carbonyl (C=O) groups is 2. The van der Waals surface area contributed by atoms with Crippen molar-refractivity contribution in [1.82, 2.24) is 20.0 Å². The van der Waals surface area contributed by atoms with Crippen molar-refractivity contribution >= 4 is 11.8 Å². The Hall–Kier alpha value is -2.09. The van der Waals surface area contributed by atoms with Crippen molar-refractivity contribution in [3.8, 4) is 5.75 Å². The largest absolute Gasteiger partial charge is 0.482 e. The van der Waals surface area contributed by atoms with Gasteiger partial charge in [0, 0.05) is 20.6 Å². The van der Waals surface area contributed by atoms with E-state index in [2.05, 4.69) is 10.4 Å².